The molecule has 1 unspecified atom stereocenters. The zero-order valence-electron chi connectivity index (χ0n) is 14.6. The fourth-order valence-corrected chi connectivity index (χ4v) is 4.46. The lowest BCUT2D eigenvalue weighted by Crippen LogP contribution is -2.33. The number of rotatable bonds is 4. The molecule has 2 aromatic rings. The molecule has 1 aliphatic carbocycles. The molecular formula is C20H27N3O. The van der Waals surface area contributed by atoms with Gasteiger partial charge >= 0.3 is 0 Å². The van der Waals surface area contributed by atoms with Gasteiger partial charge in [-0.25, -0.2) is 0 Å². The van der Waals surface area contributed by atoms with Gasteiger partial charge in [-0.2, -0.15) is 5.10 Å². The predicted molar refractivity (Wildman–Crippen MR) is 94.8 cm³/mol. The first-order chi connectivity index (χ1) is 11.6. The number of benzene rings is 1. The van der Waals surface area contributed by atoms with E-state index >= 15 is 0 Å². The van der Waals surface area contributed by atoms with Crippen molar-refractivity contribution in [3.05, 3.63) is 53.3 Å². The van der Waals surface area contributed by atoms with Gasteiger partial charge in [0.25, 0.3) is 0 Å². The second-order valence-corrected chi connectivity index (χ2v) is 7.86. The summed E-state index contributed by atoms with van der Waals surface area (Å²) >= 11 is 0. The topological polar surface area (TPSA) is 49.9 Å². The molecule has 24 heavy (non-hydrogen) atoms. The molecule has 4 heteroatoms. The number of ether oxygens (including phenoxy) is 1. The predicted octanol–water partition coefficient (Wildman–Crippen LogP) is 3.89. The van der Waals surface area contributed by atoms with E-state index in [0.717, 1.165) is 26.0 Å². The number of hydrogen-bond acceptors (Lipinski definition) is 3. The lowest BCUT2D eigenvalue weighted by Gasteiger charge is -2.32. The first-order valence-corrected chi connectivity index (χ1v) is 9.08. The van der Waals surface area contributed by atoms with Gasteiger partial charge in [-0.3, -0.25) is 5.10 Å². The minimum atomic E-state index is 0.162. The Morgan fingerprint density at radius 3 is 3.04 bits per heavy atom. The third kappa shape index (κ3) is 2.89. The van der Waals surface area contributed by atoms with Crippen LogP contribution in [-0.4, -0.2) is 23.3 Å². The fourth-order valence-electron chi connectivity index (χ4n) is 4.46. The maximum absolute atomic E-state index is 6.06. The molecule has 1 aliphatic heterocycles. The van der Waals surface area contributed by atoms with Crippen LogP contribution in [0.2, 0.25) is 0 Å². The van der Waals surface area contributed by atoms with Crippen molar-refractivity contribution in [1.82, 2.24) is 15.5 Å². The summed E-state index contributed by atoms with van der Waals surface area (Å²) in [4.78, 5) is 0. The average molecular weight is 325 g/mol. The van der Waals surface area contributed by atoms with Gasteiger partial charge in [0.2, 0.25) is 0 Å². The molecule has 3 atom stereocenters. The van der Waals surface area contributed by atoms with Crippen molar-refractivity contribution < 1.29 is 4.74 Å². The van der Waals surface area contributed by atoms with E-state index < -0.39 is 0 Å². The van der Waals surface area contributed by atoms with Crippen molar-refractivity contribution in [2.45, 2.75) is 50.7 Å². The van der Waals surface area contributed by atoms with Crippen LogP contribution < -0.4 is 5.32 Å². The molecule has 0 amide bonds. The van der Waals surface area contributed by atoms with Crippen LogP contribution in [0, 0.1) is 5.92 Å². The third-order valence-corrected chi connectivity index (χ3v) is 5.70. The number of fused-ring (bicyclic) bond motifs is 1. The van der Waals surface area contributed by atoms with Gasteiger partial charge in [-0.15, -0.1) is 0 Å². The molecular weight excluding hydrogens is 298 g/mol. The Morgan fingerprint density at radius 2 is 2.21 bits per heavy atom. The van der Waals surface area contributed by atoms with Crippen molar-refractivity contribution in [2.75, 3.05) is 13.2 Å². The van der Waals surface area contributed by atoms with Crippen molar-refractivity contribution in [1.29, 1.82) is 0 Å². The SMILES string of the molecule is CC1(C)CC(NC[C@@H]2CCCO[C@H]2c2cn[nH]c2)c2ccccc21. The fraction of sp³-hybridized carbons (Fsp3) is 0.550. The summed E-state index contributed by atoms with van der Waals surface area (Å²) in [6.07, 6.45) is 7.55. The van der Waals surface area contributed by atoms with Gasteiger partial charge in [0.15, 0.2) is 0 Å². The van der Waals surface area contributed by atoms with Crippen LogP contribution in [-0.2, 0) is 10.2 Å². The van der Waals surface area contributed by atoms with Crippen LogP contribution in [0.25, 0.3) is 0 Å². The second-order valence-electron chi connectivity index (χ2n) is 7.86. The summed E-state index contributed by atoms with van der Waals surface area (Å²) in [6, 6.07) is 9.34. The van der Waals surface area contributed by atoms with Crippen LogP contribution in [0.3, 0.4) is 0 Å². The third-order valence-electron chi connectivity index (χ3n) is 5.70. The van der Waals surface area contributed by atoms with Crippen LogP contribution >= 0.6 is 0 Å². The van der Waals surface area contributed by atoms with Crippen LogP contribution in [0.4, 0.5) is 0 Å². The summed E-state index contributed by atoms with van der Waals surface area (Å²) < 4.78 is 6.06. The molecule has 0 spiro atoms. The highest BCUT2D eigenvalue weighted by molar-refractivity contribution is 5.41. The Balaban J connectivity index is 1.47. The first kappa shape index (κ1) is 15.9. The van der Waals surface area contributed by atoms with E-state index in [1.807, 2.05) is 12.4 Å². The smallest absolute Gasteiger partial charge is 0.0895 e. The molecule has 2 aliphatic rings. The van der Waals surface area contributed by atoms with Crippen molar-refractivity contribution in [2.24, 2.45) is 5.92 Å². The first-order valence-electron chi connectivity index (χ1n) is 9.08. The van der Waals surface area contributed by atoms with E-state index in [1.54, 1.807) is 0 Å². The van der Waals surface area contributed by atoms with Gasteiger partial charge in [0.1, 0.15) is 0 Å². The van der Waals surface area contributed by atoms with E-state index in [9.17, 15) is 0 Å². The summed E-state index contributed by atoms with van der Waals surface area (Å²) in [5.74, 6) is 0.507. The van der Waals surface area contributed by atoms with Gasteiger partial charge in [-0.1, -0.05) is 38.1 Å². The molecule has 2 N–H and O–H groups in total. The van der Waals surface area contributed by atoms with Crippen LogP contribution in [0.5, 0.6) is 0 Å². The minimum absolute atomic E-state index is 0.162. The number of aromatic amines is 1. The molecule has 2 heterocycles. The number of aromatic nitrogens is 2. The Hall–Kier alpha value is -1.65. The summed E-state index contributed by atoms with van der Waals surface area (Å²) in [7, 11) is 0. The molecule has 1 fully saturated rings. The molecule has 128 valence electrons. The Morgan fingerprint density at radius 1 is 1.33 bits per heavy atom. The maximum atomic E-state index is 6.06. The Bertz CT molecular complexity index is 680. The quantitative estimate of drug-likeness (QED) is 0.896. The van der Waals surface area contributed by atoms with E-state index in [4.69, 9.17) is 4.74 Å². The van der Waals surface area contributed by atoms with E-state index in [0.29, 0.717) is 12.0 Å². The minimum Gasteiger partial charge on any atom is -0.373 e. The summed E-state index contributed by atoms with van der Waals surface area (Å²) in [5.41, 5.74) is 4.39. The molecule has 4 nitrogen and oxygen atoms in total. The lowest BCUT2D eigenvalue weighted by atomic mass is 9.86. The highest BCUT2D eigenvalue weighted by atomic mass is 16.5. The average Bonchev–Trinajstić information content (AvgIpc) is 3.21. The van der Waals surface area contributed by atoms with Gasteiger partial charge in [0, 0.05) is 36.9 Å². The molecule has 0 bridgehead atoms. The van der Waals surface area contributed by atoms with Crippen molar-refractivity contribution in [3.8, 4) is 0 Å². The largest absolute Gasteiger partial charge is 0.373 e. The molecule has 0 saturated carbocycles. The highest BCUT2D eigenvalue weighted by Gasteiger charge is 2.37. The number of hydrogen-bond donors (Lipinski definition) is 2. The van der Waals surface area contributed by atoms with E-state index in [-0.39, 0.29) is 11.5 Å². The number of nitrogens with zero attached hydrogens (tertiary/aromatic N) is 1. The maximum Gasteiger partial charge on any atom is 0.0895 e. The van der Waals surface area contributed by atoms with Crippen molar-refractivity contribution in [3.63, 3.8) is 0 Å². The zero-order chi connectivity index (χ0) is 16.6. The number of H-pyrrole nitrogens is 1. The van der Waals surface area contributed by atoms with E-state index in [1.165, 1.54) is 23.1 Å². The Kier molecular flexibility index (Phi) is 4.19. The van der Waals surface area contributed by atoms with Crippen LogP contribution in [0.1, 0.15) is 61.9 Å². The van der Waals surface area contributed by atoms with Gasteiger partial charge in [-0.05, 0) is 35.8 Å². The van der Waals surface area contributed by atoms with Crippen molar-refractivity contribution >= 4 is 0 Å². The highest BCUT2D eigenvalue weighted by Crippen LogP contribution is 2.44. The van der Waals surface area contributed by atoms with Gasteiger partial charge in [0.05, 0.1) is 12.3 Å². The van der Waals surface area contributed by atoms with Gasteiger partial charge < -0.3 is 10.1 Å². The molecule has 1 aromatic carbocycles. The molecule has 1 aromatic heterocycles. The lowest BCUT2D eigenvalue weighted by molar-refractivity contribution is -0.0285. The number of nitrogens with one attached hydrogen (secondary N) is 2. The van der Waals surface area contributed by atoms with E-state index in [2.05, 4.69) is 53.6 Å². The van der Waals surface area contributed by atoms with Crippen LogP contribution in [0.15, 0.2) is 36.7 Å². The molecule has 0 radical (unpaired) electrons. The standard InChI is InChI=1S/C20H27N3O/c1-20(2)10-18(16-7-3-4-8-17(16)20)21-11-14-6-5-9-24-19(14)15-12-22-23-13-15/h3-4,7-8,12-14,18-19,21H,5-6,9-11H2,1-2H3,(H,22,23)/t14-,18?,19+/m0/s1. The monoisotopic (exact) mass is 325 g/mol. The zero-order valence-corrected chi connectivity index (χ0v) is 14.6. The summed E-state index contributed by atoms with van der Waals surface area (Å²) in [5, 5.41) is 10.9. The second kappa shape index (κ2) is 6.34. The summed E-state index contributed by atoms with van der Waals surface area (Å²) in [6.45, 7) is 6.55. The normalized spacial score (nSPS) is 28.7. The molecule has 1 saturated heterocycles. The molecule has 4 rings (SSSR count). The Labute approximate surface area is 144 Å².